The van der Waals surface area contributed by atoms with E-state index in [2.05, 4.69) is 6.92 Å². The molecule has 0 aliphatic heterocycles. The summed E-state index contributed by atoms with van der Waals surface area (Å²) < 4.78 is 0. The summed E-state index contributed by atoms with van der Waals surface area (Å²) in [6.45, 7) is 3.82. The third-order valence-electron chi connectivity index (χ3n) is 4.27. The molecule has 0 aromatic rings. The second-order valence-electron chi connectivity index (χ2n) is 6.36. The molecule has 2 atom stereocenters. The summed E-state index contributed by atoms with van der Waals surface area (Å²) in [7, 11) is 0. The summed E-state index contributed by atoms with van der Waals surface area (Å²) in [4.78, 5) is 10.9. The van der Waals surface area contributed by atoms with Gasteiger partial charge in [0.25, 0.3) is 0 Å². The molecule has 0 spiro atoms. The van der Waals surface area contributed by atoms with Crippen molar-refractivity contribution in [3.05, 3.63) is 0 Å². The summed E-state index contributed by atoms with van der Waals surface area (Å²) in [5, 5.41) is 18.3. The number of rotatable bonds is 15. The Hall–Kier alpha value is -0.570. The Bertz CT molecular complexity index is 239. The zero-order valence-corrected chi connectivity index (χ0v) is 14.1. The van der Waals surface area contributed by atoms with Crippen molar-refractivity contribution in [1.82, 2.24) is 0 Å². The first-order chi connectivity index (χ1) is 10.1. The van der Waals surface area contributed by atoms with Crippen LogP contribution in [0, 0.1) is 5.92 Å². The van der Waals surface area contributed by atoms with E-state index in [0.717, 1.165) is 12.8 Å². The number of carbonyl (C=O) groups is 1. The minimum absolute atomic E-state index is 0.590. The van der Waals surface area contributed by atoms with Crippen LogP contribution in [0.1, 0.15) is 97.3 Å². The van der Waals surface area contributed by atoms with Crippen molar-refractivity contribution in [3.63, 3.8) is 0 Å². The number of hydrogen-bond donors (Lipinski definition) is 2. The quantitative estimate of drug-likeness (QED) is 0.411. The average Bonchev–Trinajstić information content (AvgIpc) is 2.43. The number of aliphatic carboxylic acids is 1. The van der Waals surface area contributed by atoms with Crippen LogP contribution in [0.2, 0.25) is 0 Å². The molecular weight excluding hydrogens is 264 g/mol. The first-order valence-corrected chi connectivity index (χ1v) is 9.00. The number of carboxylic acids is 1. The minimum atomic E-state index is -0.868. The lowest BCUT2D eigenvalue weighted by atomic mass is 9.96. The van der Waals surface area contributed by atoms with Crippen LogP contribution in [0.15, 0.2) is 0 Å². The van der Waals surface area contributed by atoms with Crippen LogP contribution in [0.3, 0.4) is 0 Å². The Balaban J connectivity index is 3.27. The summed E-state index contributed by atoms with van der Waals surface area (Å²) >= 11 is 0. The molecule has 0 fully saturated rings. The standard InChI is InChI=1S/C18H36O3/c1-3-4-5-6-7-8-9-10-11-12-13-14-15-17(16(2)19)18(20)21/h16-17,19H,3-15H2,1-2H3,(H,20,21). The van der Waals surface area contributed by atoms with E-state index in [1.54, 1.807) is 6.92 Å². The van der Waals surface area contributed by atoms with Gasteiger partial charge in [-0.1, -0.05) is 84.0 Å². The van der Waals surface area contributed by atoms with Gasteiger partial charge in [0, 0.05) is 0 Å². The molecule has 0 radical (unpaired) electrons. The largest absolute Gasteiger partial charge is 0.481 e. The maximum Gasteiger partial charge on any atom is 0.309 e. The van der Waals surface area contributed by atoms with Gasteiger partial charge in [0.15, 0.2) is 0 Å². The van der Waals surface area contributed by atoms with Crippen LogP contribution in [-0.4, -0.2) is 22.3 Å². The number of aliphatic hydroxyl groups excluding tert-OH is 1. The smallest absolute Gasteiger partial charge is 0.309 e. The topological polar surface area (TPSA) is 57.5 Å². The van der Waals surface area contributed by atoms with Gasteiger partial charge >= 0.3 is 5.97 Å². The van der Waals surface area contributed by atoms with Crippen molar-refractivity contribution in [2.75, 3.05) is 0 Å². The molecule has 2 unspecified atom stereocenters. The average molecular weight is 300 g/mol. The van der Waals surface area contributed by atoms with Crippen molar-refractivity contribution in [2.45, 2.75) is 103 Å². The van der Waals surface area contributed by atoms with Crippen LogP contribution in [-0.2, 0) is 4.79 Å². The van der Waals surface area contributed by atoms with Gasteiger partial charge in [-0.3, -0.25) is 4.79 Å². The van der Waals surface area contributed by atoms with Gasteiger partial charge in [-0.2, -0.15) is 0 Å². The van der Waals surface area contributed by atoms with E-state index in [1.807, 2.05) is 0 Å². The first-order valence-electron chi connectivity index (χ1n) is 9.00. The van der Waals surface area contributed by atoms with E-state index in [4.69, 9.17) is 5.11 Å². The van der Waals surface area contributed by atoms with Crippen LogP contribution in [0.25, 0.3) is 0 Å². The Kier molecular flexibility index (Phi) is 14.0. The molecule has 126 valence electrons. The monoisotopic (exact) mass is 300 g/mol. The third kappa shape index (κ3) is 12.9. The highest BCUT2D eigenvalue weighted by Gasteiger charge is 2.21. The molecule has 2 N–H and O–H groups in total. The maximum absolute atomic E-state index is 10.9. The highest BCUT2D eigenvalue weighted by atomic mass is 16.4. The van der Waals surface area contributed by atoms with Crippen molar-refractivity contribution >= 4 is 5.97 Å². The molecule has 3 heteroatoms. The lowest BCUT2D eigenvalue weighted by molar-refractivity contribution is -0.145. The molecule has 0 aliphatic carbocycles. The van der Waals surface area contributed by atoms with Crippen molar-refractivity contribution in [1.29, 1.82) is 0 Å². The van der Waals surface area contributed by atoms with Crippen LogP contribution < -0.4 is 0 Å². The molecule has 0 heterocycles. The van der Waals surface area contributed by atoms with E-state index in [1.165, 1.54) is 64.2 Å². The molecule has 0 saturated carbocycles. The Morgan fingerprint density at radius 2 is 1.19 bits per heavy atom. The van der Waals surface area contributed by atoms with Crippen molar-refractivity contribution in [3.8, 4) is 0 Å². The lowest BCUT2D eigenvalue weighted by Gasteiger charge is -2.14. The Labute approximate surface area is 131 Å². The highest BCUT2D eigenvalue weighted by molar-refractivity contribution is 5.70. The number of aliphatic hydroxyl groups is 1. The predicted octanol–water partition coefficient (Wildman–Crippen LogP) is 5.16. The molecule has 0 amide bonds. The summed E-state index contributed by atoms with van der Waals surface area (Å²) in [5.74, 6) is -1.46. The van der Waals surface area contributed by atoms with Crippen LogP contribution in [0.5, 0.6) is 0 Å². The molecule has 0 rings (SSSR count). The molecule has 21 heavy (non-hydrogen) atoms. The highest BCUT2D eigenvalue weighted by Crippen LogP contribution is 2.16. The van der Waals surface area contributed by atoms with E-state index < -0.39 is 18.0 Å². The zero-order chi connectivity index (χ0) is 15.9. The van der Waals surface area contributed by atoms with Crippen LogP contribution >= 0.6 is 0 Å². The second kappa shape index (κ2) is 14.4. The van der Waals surface area contributed by atoms with Gasteiger partial charge in [0.1, 0.15) is 0 Å². The van der Waals surface area contributed by atoms with E-state index in [0.29, 0.717) is 6.42 Å². The summed E-state index contributed by atoms with van der Waals surface area (Å²) in [5.41, 5.74) is 0. The van der Waals surface area contributed by atoms with E-state index >= 15 is 0 Å². The molecular formula is C18H36O3. The molecule has 0 saturated heterocycles. The van der Waals surface area contributed by atoms with Crippen LogP contribution in [0.4, 0.5) is 0 Å². The van der Waals surface area contributed by atoms with Gasteiger partial charge in [0.2, 0.25) is 0 Å². The van der Waals surface area contributed by atoms with Gasteiger partial charge in [-0.15, -0.1) is 0 Å². The fraction of sp³-hybridized carbons (Fsp3) is 0.944. The molecule has 0 aliphatic rings. The van der Waals surface area contributed by atoms with Gasteiger partial charge in [-0.25, -0.2) is 0 Å². The molecule has 0 aromatic heterocycles. The van der Waals surface area contributed by atoms with Gasteiger partial charge in [-0.05, 0) is 13.3 Å². The SMILES string of the molecule is CCCCCCCCCCCCCCC(C(=O)O)C(C)O. The fourth-order valence-electron chi connectivity index (χ4n) is 2.78. The Morgan fingerprint density at radius 1 is 0.810 bits per heavy atom. The van der Waals surface area contributed by atoms with E-state index in [9.17, 15) is 9.90 Å². The fourth-order valence-corrected chi connectivity index (χ4v) is 2.78. The maximum atomic E-state index is 10.9. The molecule has 0 bridgehead atoms. The summed E-state index contributed by atoms with van der Waals surface area (Å²) in [6.07, 6.45) is 15.2. The molecule has 0 aromatic carbocycles. The first kappa shape index (κ1) is 20.4. The van der Waals surface area contributed by atoms with Crippen molar-refractivity contribution < 1.29 is 15.0 Å². The number of carboxylic acid groups (broad SMARTS) is 1. The number of unbranched alkanes of at least 4 members (excludes halogenated alkanes) is 11. The second-order valence-corrected chi connectivity index (χ2v) is 6.36. The third-order valence-corrected chi connectivity index (χ3v) is 4.27. The van der Waals surface area contributed by atoms with Crippen molar-refractivity contribution in [2.24, 2.45) is 5.92 Å². The zero-order valence-electron chi connectivity index (χ0n) is 14.1. The predicted molar refractivity (Wildman–Crippen MR) is 88.5 cm³/mol. The van der Waals surface area contributed by atoms with Gasteiger partial charge < -0.3 is 10.2 Å². The Morgan fingerprint density at radius 3 is 1.52 bits per heavy atom. The van der Waals surface area contributed by atoms with Gasteiger partial charge in [0.05, 0.1) is 12.0 Å². The summed E-state index contributed by atoms with van der Waals surface area (Å²) in [6, 6.07) is 0. The lowest BCUT2D eigenvalue weighted by Crippen LogP contribution is -2.25. The minimum Gasteiger partial charge on any atom is -0.481 e. The molecule has 3 nitrogen and oxygen atoms in total. The number of hydrogen-bond acceptors (Lipinski definition) is 2. The normalized spacial score (nSPS) is 14.0. The van der Waals surface area contributed by atoms with E-state index in [-0.39, 0.29) is 0 Å².